The van der Waals surface area contributed by atoms with Crippen LogP contribution in [0.25, 0.3) is 21.9 Å². The molecule has 0 unspecified atom stereocenters. The minimum atomic E-state index is -1.54. The molecule has 0 aliphatic heterocycles. The summed E-state index contributed by atoms with van der Waals surface area (Å²) in [5.41, 5.74) is -1.89. The summed E-state index contributed by atoms with van der Waals surface area (Å²) in [5.74, 6) is -3.94. The molecule has 5 N–H and O–H groups in total. The Morgan fingerprint density at radius 2 is 1.40 bits per heavy atom. The fourth-order valence-corrected chi connectivity index (χ4v) is 6.27. The second-order valence-electron chi connectivity index (χ2n) is 11.0. The number of aryl methyl sites for hydroxylation is 1. The van der Waals surface area contributed by atoms with Gasteiger partial charge < -0.3 is 35.0 Å². The molecule has 0 bridgehead atoms. The van der Waals surface area contributed by atoms with E-state index >= 15 is 0 Å². The SMILES string of the molecule is COc1cc(O)c2c(O)c3c(c(-c4c(OC)cc5c(c4O)C(=O)c4c(O)cc(C)cc4C5=O)c2c1)C[C@@](C)(O)CC3=O. The largest absolute Gasteiger partial charge is 0.507 e. The van der Waals surface area contributed by atoms with Crippen molar-refractivity contribution in [2.45, 2.75) is 32.3 Å². The van der Waals surface area contributed by atoms with Crippen LogP contribution in [0, 0.1) is 6.92 Å². The molecule has 2 aliphatic rings. The maximum Gasteiger partial charge on any atom is 0.201 e. The molecule has 0 spiro atoms. The lowest BCUT2D eigenvalue weighted by molar-refractivity contribution is 0.0410. The number of Topliss-reactive ketones (excluding diaryl/α,β-unsaturated/α-hetero) is 1. The Balaban J connectivity index is 1.80. The van der Waals surface area contributed by atoms with Crippen LogP contribution in [0.1, 0.15) is 66.7 Å². The number of ether oxygens (including phenoxy) is 2. The predicted molar refractivity (Wildman–Crippen MR) is 150 cm³/mol. The molecular formula is C32H26O10. The van der Waals surface area contributed by atoms with E-state index in [1.165, 1.54) is 51.5 Å². The number of aliphatic hydroxyl groups is 1. The molecule has 42 heavy (non-hydrogen) atoms. The molecule has 6 rings (SSSR count). The number of carbonyl (C=O) groups is 3. The summed E-state index contributed by atoms with van der Waals surface area (Å²) in [6.07, 6.45) is -0.467. The van der Waals surface area contributed by atoms with Crippen LogP contribution in [0.2, 0.25) is 0 Å². The first-order valence-electron chi connectivity index (χ1n) is 13.0. The molecule has 0 fully saturated rings. The minimum Gasteiger partial charge on any atom is -0.507 e. The molecule has 214 valence electrons. The number of rotatable bonds is 3. The van der Waals surface area contributed by atoms with Crippen molar-refractivity contribution >= 4 is 28.1 Å². The van der Waals surface area contributed by atoms with Crippen LogP contribution in [-0.4, -0.2) is 62.7 Å². The van der Waals surface area contributed by atoms with Gasteiger partial charge in [0.1, 0.15) is 34.5 Å². The first kappa shape index (κ1) is 27.1. The van der Waals surface area contributed by atoms with Gasteiger partial charge in [-0.2, -0.15) is 0 Å². The lowest BCUT2D eigenvalue weighted by Gasteiger charge is -2.33. The van der Waals surface area contributed by atoms with Crippen molar-refractivity contribution < 1.29 is 49.4 Å². The Labute approximate surface area is 239 Å². The summed E-state index contributed by atoms with van der Waals surface area (Å²) < 4.78 is 11.0. The molecule has 0 aromatic heterocycles. The van der Waals surface area contributed by atoms with Crippen molar-refractivity contribution in [3.05, 3.63) is 69.3 Å². The third-order valence-corrected chi connectivity index (χ3v) is 7.99. The molecule has 1 atom stereocenters. The van der Waals surface area contributed by atoms with E-state index in [1.807, 2.05) is 0 Å². The molecule has 0 amide bonds. The van der Waals surface area contributed by atoms with Crippen LogP contribution in [0.3, 0.4) is 0 Å². The number of hydrogen-bond donors (Lipinski definition) is 5. The topological polar surface area (TPSA) is 171 Å². The van der Waals surface area contributed by atoms with Crippen molar-refractivity contribution in [2.75, 3.05) is 14.2 Å². The number of methoxy groups -OCH3 is 2. The maximum absolute atomic E-state index is 13.8. The minimum absolute atomic E-state index is 0.0250. The van der Waals surface area contributed by atoms with Crippen LogP contribution in [0.15, 0.2) is 30.3 Å². The summed E-state index contributed by atoms with van der Waals surface area (Å²) in [6.45, 7) is 3.11. The number of phenolic OH excluding ortho intramolecular Hbond substituents is 4. The number of fused-ring (bicyclic) bond motifs is 4. The van der Waals surface area contributed by atoms with E-state index in [0.29, 0.717) is 5.56 Å². The Bertz CT molecular complexity index is 1930. The Hall–Kier alpha value is -5.09. The van der Waals surface area contributed by atoms with E-state index in [9.17, 15) is 39.9 Å². The third-order valence-electron chi connectivity index (χ3n) is 7.99. The van der Waals surface area contributed by atoms with E-state index in [2.05, 4.69) is 0 Å². The van der Waals surface area contributed by atoms with Gasteiger partial charge in [-0.3, -0.25) is 14.4 Å². The first-order valence-corrected chi connectivity index (χ1v) is 13.0. The van der Waals surface area contributed by atoms with Crippen LogP contribution < -0.4 is 9.47 Å². The number of phenols is 4. The highest BCUT2D eigenvalue weighted by molar-refractivity contribution is 6.31. The van der Waals surface area contributed by atoms with Gasteiger partial charge in [0.05, 0.1) is 47.5 Å². The van der Waals surface area contributed by atoms with Gasteiger partial charge >= 0.3 is 0 Å². The molecule has 10 heteroatoms. The smallest absolute Gasteiger partial charge is 0.201 e. The number of aromatic hydroxyl groups is 4. The number of benzene rings is 4. The Morgan fingerprint density at radius 3 is 2.07 bits per heavy atom. The zero-order valence-electron chi connectivity index (χ0n) is 23.1. The molecule has 0 saturated carbocycles. The van der Waals surface area contributed by atoms with Crippen molar-refractivity contribution in [3.8, 4) is 45.6 Å². The molecule has 0 saturated heterocycles. The molecule has 4 aromatic carbocycles. The molecule has 10 nitrogen and oxygen atoms in total. The quantitative estimate of drug-likeness (QED) is 0.211. The van der Waals surface area contributed by atoms with Crippen LogP contribution in [0.4, 0.5) is 0 Å². The number of hydrogen-bond acceptors (Lipinski definition) is 10. The second kappa shape index (κ2) is 8.95. The van der Waals surface area contributed by atoms with Gasteiger partial charge in [-0.1, -0.05) is 0 Å². The van der Waals surface area contributed by atoms with Crippen LogP contribution >= 0.6 is 0 Å². The monoisotopic (exact) mass is 570 g/mol. The van der Waals surface area contributed by atoms with E-state index in [-0.39, 0.29) is 74.1 Å². The maximum atomic E-state index is 13.8. The van der Waals surface area contributed by atoms with Crippen LogP contribution in [-0.2, 0) is 6.42 Å². The summed E-state index contributed by atoms with van der Waals surface area (Å²) >= 11 is 0. The lowest BCUT2D eigenvalue weighted by Crippen LogP contribution is -2.36. The van der Waals surface area contributed by atoms with E-state index in [0.717, 1.165) is 0 Å². The summed E-state index contributed by atoms with van der Waals surface area (Å²) in [5, 5.41) is 55.7. The first-order chi connectivity index (χ1) is 19.8. The Kier molecular flexibility index (Phi) is 5.78. The molecule has 2 aliphatic carbocycles. The average Bonchev–Trinajstić information content (AvgIpc) is 2.90. The summed E-state index contributed by atoms with van der Waals surface area (Å²) in [6, 6.07) is 6.81. The second-order valence-corrected chi connectivity index (χ2v) is 11.0. The van der Waals surface area contributed by atoms with Gasteiger partial charge in [0, 0.05) is 41.0 Å². The van der Waals surface area contributed by atoms with Gasteiger partial charge in [0.25, 0.3) is 0 Å². The van der Waals surface area contributed by atoms with Gasteiger partial charge in [-0.15, -0.1) is 0 Å². The third kappa shape index (κ3) is 3.65. The number of carbonyl (C=O) groups excluding carboxylic acids is 3. The predicted octanol–water partition coefficient (Wildman–Crippen LogP) is 4.31. The zero-order valence-corrected chi connectivity index (χ0v) is 23.1. The standard InChI is InChI=1S/C32H26O10/c1-12-5-15-24(18(33)6-12)30(38)26-16(28(15)36)9-21(42-4)27(31(26)39)22-14-7-13(41-3)8-19(34)23(14)29(37)25-17(22)10-32(2,40)11-20(25)35/h5-9,33-34,37,39-40H,10-11H2,1-4H3/t32-/m1/s1. The van der Waals surface area contributed by atoms with Crippen molar-refractivity contribution in [2.24, 2.45) is 0 Å². The fourth-order valence-electron chi connectivity index (χ4n) is 6.27. The summed E-state index contributed by atoms with van der Waals surface area (Å²) in [4.78, 5) is 40.7. The van der Waals surface area contributed by atoms with E-state index < -0.39 is 51.5 Å². The molecule has 0 radical (unpaired) electrons. The fraction of sp³-hybridized carbons (Fsp3) is 0.219. The van der Waals surface area contributed by atoms with Crippen molar-refractivity contribution in [1.29, 1.82) is 0 Å². The van der Waals surface area contributed by atoms with Gasteiger partial charge in [-0.05, 0) is 49.2 Å². The average molecular weight is 571 g/mol. The van der Waals surface area contributed by atoms with Crippen molar-refractivity contribution in [1.82, 2.24) is 0 Å². The molecule has 0 heterocycles. The zero-order chi connectivity index (χ0) is 30.4. The van der Waals surface area contributed by atoms with Gasteiger partial charge in [-0.25, -0.2) is 0 Å². The molecular weight excluding hydrogens is 544 g/mol. The highest BCUT2D eigenvalue weighted by Crippen LogP contribution is 2.54. The van der Waals surface area contributed by atoms with Gasteiger partial charge in [0.15, 0.2) is 11.6 Å². The lowest BCUT2D eigenvalue weighted by atomic mass is 9.74. The van der Waals surface area contributed by atoms with Crippen LogP contribution in [0.5, 0.6) is 34.5 Å². The normalized spacial score (nSPS) is 17.6. The number of ketones is 3. The Morgan fingerprint density at radius 1 is 0.714 bits per heavy atom. The molecule has 4 aromatic rings. The van der Waals surface area contributed by atoms with Gasteiger partial charge in [0.2, 0.25) is 5.78 Å². The highest BCUT2D eigenvalue weighted by atomic mass is 16.5. The highest BCUT2D eigenvalue weighted by Gasteiger charge is 2.41. The summed E-state index contributed by atoms with van der Waals surface area (Å²) in [7, 11) is 2.65. The van der Waals surface area contributed by atoms with Crippen molar-refractivity contribution in [3.63, 3.8) is 0 Å². The van der Waals surface area contributed by atoms with E-state index in [4.69, 9.17) is 9.47 Å². The van der Waals surface area contributed by atoms with E-state index in [1.54, 1.807) is 6.92 Å².